The Labute approximate surface area is 577 Å². The highest BCUT2D eigenvalue weighted by Crippen LogP contribution is 2.30. The Morgan fingerprint density at radius 2 is 0.806 bits per heavy atom. The average Bonchev–Trinajstić information content (AvgIpc) is 0.796. The lowest BCUT2D eigenvalue weighted by atomic mass is 9.93. The van der Waals surface area contributed by atoms with Crippen LogP contribution in [0.1, 0.15) is 44.5 Å². The molecule has 18 nitrogen and oxygen atoms in total. The Hall–Kier alpha value is -7.54. The molecule has 2 fully saturated rings. The minimum absolute atomic E-state index is 0.0556. The molecule has 2 heterocycles. The smallest absolute Gasteiger partial charge is 0.189 e. The number of aldehydes is 1. The first kappa shape index (κ1) is 76.2. The van der Waals surface area contributed by atoms with Crippen LogP contribution in [0, 0.1) is 0 Å². The maximum absolute atomic E-state index is 13.6. The first-order valence-electron chi connectivity index (χ1n) is 33.4. The summed E-state index contributed by atoms with van der Waals surface area (Å²) in [5.74, 6) is -0.333. The van der Waals surface area contributed by atoms with E-state index in [-0.39, 0.29) is 76.3 Å². The molecule has 0 aliphatic carbocycles. The van der Waals surface area contributed by atoms with Crippen molar-refractivity contribution in [1.29, 1.82) is 0 Å². The van der Waals surface area contributed by atoms with Gasteiger partial charge in [-0.1, -0.05) is 243 Å². The highest BCUT2D eigenvalue weighted by atomic mass is 16.6. The normalized spacial score (nSPS) is 20.3. The van der Waals surface area contributed by atoms with E-state index in [1.165, 1.54) is 0 Å². The van der Waals surface area contributed by atoms with E-state index in [0.717, 1.165) is 51.1 Å². The molecule has 0 saturated carbocycles. The number of benzene rings is 8. The van der Waals surface area contributed by atoms with Gasteiger partial charge in [0.1, 0.15) is 49.3 Å². The predicted octanol–water partition coefficient (Wildman–Crippen LogP) is 9.41. The third kappa shape index (κ3) is 25.6. The van der Waals surface area contributed by atoms with Crippen molar-refractivity contribution in [1.82, 2.24) is 9.80 Å². The topological polar surface area (TPSA) is 214 Å². The second-order valence-electron chi connectivity index (χ2n) is 24.0. The number of hydrogen-bond acceptors (Lipinski definition) is 18. The number of methoxy groups -OCH3 is 2. The molecule has 8 aromatic rings. The summed E-state index contributed by atoms with van der Waals surface area (Å²) in [5.41, 5.74) is 8.14. The molecule has 0 aromatic heterocycles. The van der Waals surface area contributed by atoms with Crippen LogP contribution in [0.2, 0.25) is 0 Å². The van der Waals surface area contributed by atoms with Crippen molar-refractivity contribution in [2.24, 2.45) is 0 Å². The van der Waals surface area contributed by atoms with Crippen LogP contribution in [0.25, 0.3) is 0 Å². The van der Waals surface area contributed by atoms with Gasteiger partial charge in [-0.15, -0.1) is 0 Å². The zero-order valence-electron chi connectivity index (χ0n) is 56.1. The Morgan fingerprint density at radius 3 is 1.22 bits per heavy atom. The fourth-order valence-corrected chi connectivity index (χ4v) is 11.5. The van der Waals surface area contributed by atoms with Crippen LogP contribution < -0.4 is 0 Å². The second-order valence-corrected chi connectivity index (χ2v) is 24.0. The first-order valence-corrected chi connectivity index (χ1v) is 33.4. The molecule has 4 N–H and O–H groups in total. The lowest BCUT2D eigenvalue weighted by Gasteiger charge is -2.48. The minimum Gasteiger partial charge on any atom is -0.395 e. The van der Waals surface area contributed by atoms with Gasteiger partial charge in [-0.05, 0) is 44.5 Å². The fraction of sp³-hybridized carbons (Fsp3) is 0.375. The van der Waals surface area contributed by atoms with Gasteiger partial charge in [0.05, 0.1) is 104 Å². The van der Waals surface area contributed by atoms with E-state index >= 15 is 0 Å². The Kier molecular flexibility index (Phi) is 34.0. The number of hydrogen-bond donors (Lipinski definition) is 4. The maximum atomic E-state index is 13.6. The van der Waals surface area contributed by atoms with Crippen LogP contribution in [0.4, 0.5) is 0 Å². The molecule has 8 aromatic carbocycles. The number of piperidine rings is 2. The van der Waals surface area contributed by atoms with Crippen molar-refractivity contribution in [3.63, 3.8) is 0 Å². The lowest BCUT2D eigenvalue weighted by Crippen LogP contribution is -2.65. The number of ketones is 1. The molecular weight excluding hydrogens is 1240 g/mol. The number of β-amino-alcohol motifs (C(OH)–C–C–N with tert-alkyl or cyclic N) is 1. The summed E-state index contributed by atoms with van der Waals surface area (Å²) in [6, 6.07) is 78.8. The van der Waals surface area contributed by atoms with E-state index in [1.807, 2.05) is 194 Å². The molecule has 98 heavy (non-hydrogen) atoms. The Bertz CT molecular complexity index is 3360. The van der Waals surface area contributed by atoms with Gasteiger partial charge in [0.2, 0.25) is 0 Å². The van der Waals surface area contributed by atoms with E-state index < -0.39 is 42.7 Å². The standard InChI is InChI=1S/C37H43NO5.C34H34O6.C9H19NO5/c1-39-23-22-38-24-35(41-26-31-16-8-3-9-17-31)37(43-28-33-20-12-5-13-21-33)36(42-27-32-18-10-4-11-19-32)34(38)29-40-25-30-14-6-2-7-15-30;35-21-32(38-23-28-15-7-2-8-16-28)34(40-25-30-19-11-4-12-20-30)33(39-24-29-17-9-3-10-18-29)31(36)26-37-22-27-13-5-1-6-14-27;1-15-3-2-10-4-7(12)9(14)8(13)6(10)5-11/h2-21,34-37H,22-29H2,1H3;1-21,32-34H,22-26H2;6-9,11-14H,2-5H2,1H3/t34-,35+,36-,37-;32-,33+,34+;6-,7+,8-,9-/m101/s1. The third-order valence-corrected chi connectivity index (χ3v) is 16.9. The summed E-state index contributed by atoms with van der Waals surface area (Å²) in [6.45, 7) is 5.98. The van der Waals surface area contributed by atoms with Crippen molar-refractivity contribution in [3.05, 3.63) is 287 Å². The van der Waals surface area contributed by atoms with Crippen LogP contribution in [0.5, 0.6) is 0 Å². The minimum atomic E-state index is -1.19. The number of carbonyl (C=O) groups excluding carboxylic acids is 2. The Morgan fingerprint density at radius 1 is 0.439 bits per heavy atom. The largest absolute Gasteiger partial charge is 0.395 e. The van der Waals surface area contributed by atoms with Crippen LogP contribution in [0.3, 0.4) is 0 Å². The number of carbonyl (C=O) groups is 2. The van der Waals surface area contributed by atoms with Gasteiger partial charge in [0.15, 0.2) is 12.1 Å². The molecule has 522 valence electrons. The van der Waals surface area contributed by atoms with Gasteiger partial charge in [0, 0.05) is 40.4 Å². The molecule has 0 bridgehead atoms. The van der Waals surface area contributed by atoms with Gasteiger partial charge >= 0.3 is 0 Å². The molecule has 2 saturated heterocycles. The van der Waals surface area contributed by atoms with Crippen LogP contribution >= 0.6 is 0 Å². The molecule has 11 atom stereocenters. The summed E-state index contributed by atoms with van der Waals surface area (Å²) >= 11 is 0. The maximum Gasteiger partial charge on any atom is 0.189 e. The van der Waals surface area contributed by atoms with E-state index in [2.05, 4.69) is 53.4 Å². The third-order valence-electron chi connectivity index (χ3n) is 16.9. The number of aliphatic hydroxyl groups excluding tert-OH is 4. The van der Waals surface area contributed by atoms with E-state index in [9.17, 15) is 24.9 Å². The van der Waals surface area contributed by atoms with E-state index in [1.54, 1.807) is 19.1 Å². The van der Waals surface area contributed by atoms with Crippen LogP contribution in [-0.4, -0.2) is 183 Å². The first-order chi connectivity index (χ1) is 48.1. The highest BCUT2D eigenvalue weighted by Gasteiger charge is 2.46. The van der Waals surface area contributed by atoms with Crippen molar-refractivity contribution in [3.8, 4) is 0 Å². The van der Waals surface area contributed by atoms with Crippen LogP contribution in [-0.2, 0) is 110 Å². The fourth-order valence-electron chi connectivity index (χ4n) is 11.5. The molecule has 2 aliphatic rings. The summed E-state index contributed by atoms with van der Waals surface area (Å²) in [5, 5.41) is 37.6. The molecule has 0 radical (unpaired) electrons. The predicted molar refractivity (Wildman–Crippen MR) is 373 cm³/mol. The van der Waals surface area contributed by atoms with Gasteiger partial charge in [-0.25, -0.2) is 0 Å². The van der Waals surface area contributed by atoms with E-state index in [0.29, 0.717) is 65.6 Å². The average molecular weight is 1340 g/mol. The monoisotopic (exact) mass is 1340 g/mol. The number of Topliss-reactive ketones (excluding diaryl/α,β-unsaturated/α-hetero) is 1. The second kappa shape index (κ2) is 43.8. The van der Waals surface area contributed by atoms with E-state index in [4.69, 9.17) is 52.5 Å². The van der Waals surface area contributed by atoms with Crippen molar-refractivity contribution < 1.29 is 77.4 Å². The van der Waals surface area contributed by atoms with Gasteiger partial charge in [-0.3, -0.25) is 14.6 Å². The molecule has 18 heteroatoms. The zero-order valence-corrected chi connectivity index (χ0v) is 56.1. The molecular formula is C80H96N2O16. The summed E-state index contributed by atoms with van der Waals surface area (Å²) in [4.78, 5) is 30.1. The van der Waals surface area contributed by atoms with Gasteiger partial charge < -0.3 is 72.6 Å². The number of rotatable bonds is 37. The zero-order chi connectivity index (χ0) is 68.8. The quantitative estimate of drug-likeness (QED) is 0.0267. The van der Waals surface area contributed by atoms with Gasteiger partial charge in [0.25, 0.3) is 0 Å². The lowest BCUT2D eigenvalue weighted by molar-refractivity contribution is -0.211. The molecule has 2 aliphatic heterocycles. The SMILES string of the molecule is COCCN1C[C@H](O)[C@@H](O)[C@H](O)[C@H]1CO.COCCN1C[C@H](OCc2ccccc2)[C@@H](OCc2ccccc2)[C@H](OCc2ccccc2)[C@H]1COCc1ccccc1.O=C[C@H](OCc1ccccc1)[C@@H](OCc1ccccc1)[C@H](OCc1ccccc1)C(=O)COCc1ccccc1. The number of likely N-dealkylation sites (tertiary alicyclic amines) is 2. The van der Waals surface area contributed by atoms with Crippen LogP contribution in [0.15, 0.2) is 243 Å². The van der Waals surface area contributed by atoms with Crippen molar-refractivity contribution in [2.75, 3.05) is 73.4 Å². The summed E-state index contributed by atoms with van der Waals surface area (Å²) < 4.78 is 61.2. The molecule has 10 rings (SSSR count). The number of aliphatic hydroxyl groups is 4. The summed E-state index contributed by atoms with van der Waals surface area (Å²) in [7, 11) is 3.29. The Balaban J connectivity index is 0.000000207. The number of ether oxygens (including phenoxy) is 10. The molecule has 0 spiro atoms. The number of nitrogens with zero attached hydrogens (tertiary/aromatic N) is 2. The molecule has 0 amide bonds. The summed E-state index contributed by atoms with van der Waals surface area (Å²) in [6.07, 6.45) is -6.62. The van der Waals surface area contributed by atoms with Crippen molar-refractivity contribution in [2.45, 2.75) is 120 Å². The molecule has 0 unspecified atom stereocenters. The van der Waals surface area contributed by atoms with Gasteiger partial charge in [-0.2, -0.15) is 0 Å². The highest BCUT2D eigenvalue weighted by molar-refractivity contribution is 5.85. The van der Waals surface area contributed by atoms with Crippen molar-refractivity contribution >= 4 is 12.1 Å².